The molecular weight excluding hydrogens is 312 g/mol. The predicted octanol–water partition coefficient (Wildman–Crippen LogP) is 2.49. The number of ether oxygens (including phenoxy) is 3. The van der Waals surface area contributed by atoms with Gasteiger partial charge in [-0.05, 0) is 33.1 Å². The van der Waals surface area contributed by atoms with Crippen molar-refractivity contribution in [3.05, 3.63) is 0 Å². The van der Waals surface area contributed by atoms with Gasteiger partial charge in [0.05, 0.1) is 11.3 Å². The number of hydrogen-bond acceptors (Lipinski definition) is 6. The molecular formula is C18H28O6. The van der Waals surface area contributed by atoms with Gasteiger partial charge in [0, 0.05) is 11.8 Å². The lowest BCUT2D eigenvalue weighted by molar-refractivity contribution is -0.172. The van der Waals surface area contributed by atoms with E-state index in [-0.39, 0.29) is 42.5 Å². The minimum absolute atomic E-state index is 0.00636. The summed E-state index contributed by atoms with van der Waals surface area (Å²) in [5.41, 5.74) is -0.610. The first-order chi connectivity index (χ1) is 11.3. The molecule has 0 amide bonds. The minimum atomic E-state index is -0.610. The first-order valence-corrected chi connectivity index (χ1v) is 8.90. The van der Waals surface area contributed by atoms with Crippen LogP contribution in [0, 0.1) is 23.2 Å². The van der Waals surface area contributed by atoms with Crippen LogP contribution in [-0.2, 0) is 28.6 Å². The largest absolute Gasteiger partial charge is 0.458 e. The second kappa shape index (κ2) is 7.11. The Morgan fingerprint density at radius 2 is 1.92 bits per heavy atom. The molecule has 0 N–H and O–H groups in total. The summed E-state index contributed by atoms with van der Waals surface area (Å²) in [5.74, 6) is -0.764. The average Bonchev–Trinajstić information content (AvgIpc) is 3.19. The van der Waals surface area contributed by atoms with Crippen molar-refractivity contribution in [1.82, 2.24) is 0 Å². The summed E-state index contributed by atoms with van der Waals surface area (Å²) in [5, 5.41) is 0. The Hall–Kier alpha value is -1.59. The van der Waals surface area contributed by atoms with Gasteiger partial charge in [0.25, 0.3) is 0 Å². The zero-order valence-corrected chi connectivity index (χ0v) is 15.2. The summed E-state index contributed by atoms with van der Waals surface area (Å²) in [4.78, 5) is 35.4. The molecule has 0 radical (unpaired) electrons. The molecule has 3 rings (SSSR count). The topological polar surface area (TPSA) is 78.9 Å². The van der Waals surface area contributed by atoms with Gasteiger partial charge >= 0.3 is 17.9 Å². The van der Waals surface area contributed by atoms with Crippen LogP contribution < -0.4 is 0 Å². The highest BCUT2D eigenvalue weighted by atomic mass is 16.6. The summed E-state index contributed by atoms with van der Waals surface area (Å²) in [6.07, 6.45) is 1.57. The molecule has 0 spiro atoms. The standard InChI is InChI=1S/C16H22O6.C2H6/c1-4-16(2,3)15(19)20-7-11(17)21-12-8-5-9-10(6-8)14(18)22-13(9)12;1-2/h8-10,12-13H,4-7H2,1-3H3;1-2H3. The van der Waals surface area contributed by atoms with Crippen LogP contribution in [0.25, 0.3) is 0 Å². The van der Waals surface area contributed by atoms with Crippen LogP contribution in [0.4, 0.5) is 0 Å². The van der Waals surface area contributed by atoms with Gasteiger partial charge in [0.15, 0.2) is 6.61 Å². The zero-order valence-electron chi connectivity index (χ0n) is 15.2. The Kier molecular flexibility index (Phi) is 5.56. The number of carbonyl (C=O) groups excluding carboxylic acids is 3. The lowest BCUT2D eigenvalue weighted by Crippen LogP contribution is -2.37. The van der Waals surface area contributed by atoms with Gasteiger partial charge in [0.1, 0.15) is 12.2 Å². The van der Waals surface area contributed by atoms with Gasteiger partial charge in [-0.2, -0.15) is 0 Å². The van der Waals surface area contributed by atoms with Gasteiger partial charge in [-0.15, -0.1) is 0 Å². The van der Waals surface area contributed by atoms with Gasteiger partial charge in [-0.25, -0.2) is 4.79 Å². The molecule has 0 aromatic heterocycles. The number of esters is 3. The molecule has 0 aromatic carbocycles. The van der Waals surface area contributed by atoms with Crippen molar-refractivity contribution in [2.75, 3.05) is 6.61 Å². The Morgan fingerprint density at radius 1 is 1.25 bits per heavy atom. The maximum absolute atomic E-state index is 11.9. The van der Waals surface area contributed by atoms with E-state index in [0.717, 1.165) is 12.8 Å². The summed E-state index contributed by atoms with van der Waals surface area (Å²) in [7, 11) is 0. The van der Waals surface area contributed by atoms with Crippen LogP contribution in [-0.4, -0.2) is 36.7 Å². The average molecular weight is 340 g/mol. The molecule has 2 aliphatic carbocycles. The van der Waals surface area contributed by atoms with Crippen LogP contribution in [0.3, 0.4) is 0 Å². The number of hydrogen-bond donors (Lipinski definition) is 0. The summed E-state index contributed by atoms with van der Waals surface area (Å²) < 4.78 is 15.8. The van der Waals surface area contributed by atoms with Crippen molar-refractivity contribution in [3.63, 3.8) is 0 Å². The summed E-state index contributed by atoms with van der Waals surface area (Å²) in [6, 6.07) is 0. The molecule has 2 saturated carbocycles. The summed E-state index contributed by atoms with van der Waals surface area (Å²) >= 11 is 0. The first-order valence-electron chi connectivity index (χ1n) is 8.90. The van der Waals surface area contributed by atoms with Gasteiger partial charge < -0.3 is 14.2 Å². The smallest absolute Gasteiger partial charge is 0.344 e. The molecule has 24 heavy (non-hydrogen) atoms. The van der Waals surface area contributed by atoms with E-state index in [4.69, 9.17) is 14.2 Å². The molecule has 6 heteroatoms. The fourth-order valence-electron chi connectivity index (χ4n) is 3.71. The van der Waals surface area contributed by atoms with Crippen LogP contribution >= 0.6 is 0 Å². The van der Waals surface area contributed by atoms with Crippen molar-refractivity contribution in [2.24, 2.45) is 23.2 Å². The van der Waals surface area contributed by atoms with Gasteiger partial charge in [-0.3, -0.25) is 9.59 Å². The Labute approximate surface area is 143 Å². The first kappa shape index (κ1) is 18.7. The number of fused-ring (bicyclic) bond motifs is 1. The van der Waals surface area contributed by atoms with E-state index in [1.807, 2.05) is 20.8 Å². The predicted molar refractivity (Wildman–Crippen MR) is 85.8 cm³/mol. The van der Waals surface area contributed by atoms with Crippen molar-refractivity contribution < 1.29 is 28.6 Å². The van der Waals surface area contributed by atoms with E-state index in [2.05, 4.69) is 0 Å². The Balaban J connectivity index is 0.00000100. The van der Waals surface area contributed by atoms with Crippen LogP contribution in [0.15, 0.2) is 0 Å². The van der Waals surface area contributed by atoms with E-state index in [1.165, 1.54) is 0 Å². The van der Waals surface area contributed by atoms with Crippen molar-refractivity contribution in [2.45, 2.75) is 66.1 Å². The monoisotopic (exact) mass is 340 g/mol. The molecule has 1 saturated heterocycles. The molecule has 136 valence electrons. The summed E-state index contributed by atoms with van der Waals surface area (Å²) in [6.45, 7) is 9.05. The van der Waals surface area contributed by atoms with Gasteiger partial charge in [0.2, 0.25) is 0 Å². The maximum atomic E-state index is 11.9. The molecule has 1 aliphatic heterocycles. The van der Waals surface area contributed by atoms with E-state index < -0.39 is 17.4 Å². The van der Waals surface area contributed by atoms with Crippen LogP contribution in [0.2, 0.25) is 0 Å². The third-order valence-corrected chi connectivity index (χ3v) is 5.44. The Morgan fingerprint density at radius 3 is 2.54 bits per heavy atom. The van der Waals surface area contributed by atoms with E-state index in [0.29, 0.717) is 6.42 Å². The second-order valence-electron chi connectivity index (χ2n) is 7.17. The van der Waals surface area contributed by atoms with E-state index in [9.17, 15) is 14.4 Å². The molecule has 5 atom stereocenters. The number of rotatable bonds is 5. The fourth-order valence-corrected chi connectivity index (χ4v) is 3.71. The third kappa shape index (κ3) is 3.28. The lowest BCUT2D eigenvalue weighted by Gasteiger charge is -2.25. The lowest BCUT2D eigenvalue weighted by atomic mass is 9.88. The highest BCUT2D eigenvalue weighted by molar-refractivity contribution is 5.80. The molecule has 0 aromatic rings. The molecule has 2 bridgehead atoms. The molecule has 5 unspecified atom stereocenters. The van der Waals surface area contributed by atoms with Crippen molar-refractivity contribution >= 4 is 17.9 Å². The second-order valence-corrected chi connectivity index (χ2v) is 7.17. The third-order valence-electron chi connectivity index (χ3n) is 5.44. The normalized spacial score (nSPS) is 32.7. The van der Waals surface area contributed by atoms with Crippen molar-refractivity contribution in [1.29, 1.82) is 0 Å². The number of carbonyl (C=O) groups is 3. The molecule has 3 aliphatic rings. The Bertz CT molecular complexity index is 512. The minimum Gasteiger partial charge on any atom is -0.458 e. The molecule has 6 nitrogen and oxygen atoms in total. The maximum Gasteiger partial charge on any atom is 0.344 e. The fraction of sp³-hybridized carbons (Fsp3) is 0.833. The van der Waals surface area contributed by atoms with E-state index >= 15 is 0 Å². The quantitative estimate of drug-likeness (QED) is 0.565. The molecule has 3 fully saturated rings. The van der Waals surface area contributed by atoms with Crippen LogP contribution in [0.5, 0.6) is 0 Å². The zero-order chi connectivity index (χ0) is 18.1. The molecule has 1 heterocycles. The van der Waals surface area contributed by atoms with E-state index in [1.54, 1.807) is 13.8 Å². The SMILES string of the molecule is CC.CCC(C)(C)C(=O)OCC(=O)OC1C2CC3C(=O)OC1C3C2. The van der Waals surface area contributed by atoms with Crippen LogP contribution in [0.1, 0.15) is 53.9 Å². The highest BCUT2D eigenvalue weighted by Gasteiger charge is 2.63. The highest BCUT2D eigenvalue weighted by Crippen LogP contribution is 2.55. The van der Waals surface area contributed by atoms with Crippen molar-refractivity contribution in [3.8, 4) is 0 Å². The van der Waals surface area contributed by atoms with Gasteiger partial charge in [-0.1, -0.05) is 20.8 Å².